The molecule has 0 radical (unpaired) electrons. The Labute approximate surface area is 345 Å². The summed E-state index contributed by atoms with van der Waals surface area (Å²) in [7, 11) is -3.48. The zero-order valence-electron chi connectivity index (χ0n) is 34.2. The Morgan fingerprint density at radius 3 is 1.39 bits per heavy atom. The van der Waals surface area contributed by atoms with E-state index in [0.29, 0.717) is 19.4 Å². The van der Waals surface area contributed by atoms with E-state index in [0.717, 1.165) is 19.5 Å². The molecule has 59 heavy (non-hydrogen) atoms. The van der Waals surface area contributed by atoms with Crippen LogP contribution in [0.3, 0.4) is 0 Å². The molecule has 0 rings (SSSR count). The van der Waals surface area contributed by atoms with Crippen molar-refractivity contribution in [2.24, 2.45) is 17.7 Å². The van der Waals surface area contributed by atoms with Crippen molar-refractivity contribution >= 4 is 43.0 Å². The van der Waals surface area contributed by atoms with Crippen LogP contribution < -0.4 is 49.6 Å². The van der Waals surface area contributed by atoms with Crippen molar-refractivity contribution in [2.75, 3.05) is 98.9 Å². The fourth-order valence-corrected chi connectivity index (χ4v) is 5.35. The number of nitrogens with two attached hydrogens (primary N) is 3. The van der Waals surface area contributed by atoms with Gasteiger partial charge < -0.3 is 70.0 Å². The molecule has 0 fully saturated rings. The van der Waals surface area contributed by atoms with Gasteiger partial charge in [0.1, 0.15) is 12.1 Å². The lowest BCUT2D eigenvalue weighted by Gasteiger charge is -2.21. The smallest absolute Gasteiger partial charge is 0.325 e. The molecule has 0 spiro atoms. The van der Waals surface area contributed by atoms with E-state index in [1.54, 1.807) is 0 Å². The normalized spacial score (nSPS) is 13.1. The lowest BCUT2D eigenvalue weighted by Crippen LogP contribution is -2.50. The number of hydrogen-bond donors (Lipinski definition) is 10. The van der Waals surface area contributed by atoms with Gasteiger partial charge in [0.05, 0.1) is 66.1 Å². The molecule has 0 aliphatic rings. The zero-order chi connectivity index (χ0) is 44.0. The number of ether oxygens (including phenoxy) is 3. The van der Waals surface area contributed by atoms with Crippen LogP contribution in [0, 0.1) is 0 Å². The summed E-state index contributed by atoms with van der Waals surface area (Å²) in [6.45, 7) is 3.72. The number of carbonyl (C=O) groups excluding carboxylic acids is 6. The average molecular weight is 874 g/mol. The predicted octanol–water partition coefficient (Wildman–Crippen LogP) is -2.74. The van der Waals surface area contributed by atoms with Crippen LogP contribution in [0.15, 0.2) is 0 Å². The zero-order valence-corrected chi connectivity index (χ0v) is 35.1. The van der Waals surface area contributed by atoms with E-state index in [4.69, 9.17) is 41.3 Å². The van der Waals surface area contributed by atoms with Gasteiger partial charge in [-0.05, 0) is 32.1 Å². The molecule has 24 nitrogen and oxygen atoms in total. The second-order valence-electron chi connectivity index (χ2n) is 13.0. The van der Waals surface area contributed by atoms with E-state index >= 15 is 0 Å². The van der Waals surface area contributed by atoms with Crippen molar-refractivity contribution in [3.63, 3.8) is 0 Å². The van der Waals surface area contributed by atoms with Crippen molar-refractivity contribution in [2.45, 2.75) is 82.7 Å². The SMILES string of the molecule is CP(=O)(O)OCCCCCCNC(=O)CCCC(=O)NC(CCC(=O)NC(CCC(=O)NCCOCCON)C(=O)NCCOCCON)C(=O)NCCOCCON. The number of nitrogens with one attached hydrogen (secondary N) is 6. The second kappa shape index (κ2) is 37.6. The van der Waals surface area contributed by atoms with Gasteiger partial charge in [-0.2, -0.15) is 0 Å². The Morgan fingerprint density at radius 1 is 0.492 bits per heavy atom. The monoisotopic (exact) mass is 873 g/mol. The quantitative estimate of drug-likeness (QED) is 0.0170. The maximum atomic E-state index is 13.1. The van der Waals surface area contributed by atoms with Gasteiger partial charge >= 0.3 is 7.60 Å². The lowest BCUT2D eigenvalue weighted by molar-refractivity contribution is -0.131. The Kier molecular flexibility index (Phi) is 35.4. The van der Waals surface area contributed by atoms with E-state index in [9.17, 15) is 33.3 Å². The van der Waals surface area contributed by atoms with Crippen LogP contribution in [-0.2, 0) is 66.6 Å². The van der Waals surface area contributed by atoms with Crippen LogP contribution in [0.5, 0.6) is 0 Å². The van der Waals surface area contributed by atoms with Gasteiger partial charge in [0.25, 0.3) is 0 Å². The van der Waals surface area contributed by atoms with E-state index < -0.39 is 43.3 Å². The Bertz CT molecular complexity index is 1220. The molecule has 3 atom stereocenters. The topological polar surface area (TPSA) is 355 Å². The van der Waals surface area contributed by atoms with Crippen LogP contribution in [0.2, 0.25) is 0 Å². The first-order valence-electron chi connectivity index (χ1n) is 19.6. The first kappa shape index (κ1) is 55.6. The Hall–Kier alpha value is -3.39. The summed E-state index contributed by atoms with van der Waals surface area (Å²) in [5.74, 6) is 12.0. The summed E-state index contributed by atoms with van der Waals surface area (Å²) in [5.41, 5.74) is 0. The van der Waals surface area contributed by atoms with Crippen LogP contribution in [0.4, 0.5) is 0 Å². The van der Waals surface area contributed by atoms with E-state index in [1.807, 2.05) is 0 Å². The molecule has 6 amide bonds. The minimum absolute atomic E-state index is 0.0541. The summed E-state index contributed by atoms with van der Waals surface area (Å²) in [6, 6.07) is -2.27. The van der Waals surface area contributed by atoms with Gasteiger partial charge in [0, 0.05) is 58.5 Å². The Morgan fingerprint density at radius 2 is 0.898 bits per heavy atom. The molecule has 0 bridgehead atoms. The third-order valence-corrected chi connectivity index (χ3v) is 8.51. The predicted molar refractivity (Wildman–Crippen MR) is 211 cm³/mol. The molecule has 25 heteroatoms. The van der Waals surface area contributed by atoms with E-state index in [1.165, 1.54) is 0 Å². The minimum Gasteiger partial charge on any atom is -0.377 e. The summed E-state index contributed by atoms with van der Waals surface area (Å²) >= 11 is 0. The largest absolute Gasteiger partial charge is 0.377 e. The Balaban J connectivity index is 5.18. The molecular formula is C34H68N9O15P. The highest BCUT2D eigenvalue weighted by atomic mass is 31.2. The number of amides is 6. The van der Waals surface area contributed by atoms with Crippen LogP contribution in [-0.4, -0.2) is 151 Å². The third-order valence-electron chi connectivity index (χ3n) is 7.85. The highest BCUT2D eigenvalue weighted by Crippen LogP contribution is 2.36. The van der Waals surface area contributed by atoms with Crippen molar-refractivity contribution in [3.8, 4) is 0 Å². The first-order valence-corrected chi connectivity index (χ1v) is 21.7. The molecule has 0 aliphatic heterocycles. The van der Waals surface area contributed by atoms with Crippen molar-refractivity contribution in [3.05, 3.63) is 0 Å². The van der Waals surface area contributed by atoms with Crippen molar-refractivity contribution in [1.82, 2.24) is 31.9 Å². The molecule has 13 N–H and O–H groups in total. The number of carbonyl (C=O) groups is 6. The minimum atomic E-state index is -3.48. The summed E-state index contributed by atoms with van der Waals surface area (Å²) in [5, 5.41) is 16.0. The number of rotatable bonds is 40. The summed E-state index contributed by atoms with van der Waals surface area (Å²) < 4.78 is 31.8. The fraction of sp³-hybridized carbons (Fsp3) is 0.824. The molecule has 0 saturated heterocycles. The molecule has 0 aromatic carbocycles. The molecular weight excluding hydrogens is 805 g/mol. The van der Waals surface area contributed by atoms with Crippen molar-refractivity contribution < 1.29 is 71.5 Å². The summed E-state index contributed by atoms with van der Waals surface area (Å²) in [4.78, 5) is 99.3. The van der Waals surface area contributed by atoms with Gasteiger partial charge in [0.15, 0.2) is 0 Å². The van der Waals surface area contributed by atoms with Crippen LogP contribution in [0.1, 0.15) is 70.6 Å². The maximum Gasteiger partial charge on any atom is 0.325 e. The molecule has 0 aliphatic carbocycles. The van der Waals surface area contributed by atoms with Gasteiger partial charge in [-0.25, -0.2) is 17.7 Å². The molecule has 344 valence electrons. The van der Waals surface area contributed by atoms with Crippen LogP contribution >= 0.6 is 7.60 Å². The average Bonchev–Trinajstić information content (AvgIpc) is 3.19. The maximum absolute atomic E-state index is 13.1. The summed E-state index contributed by atoms with van der Waals surface area (Å²) in [6.07, 6.45) is 2.50. The van der Waals surface area contributed by atoms with Gasteiger partial charge in [-0.3, -0.25) is 33.3 Å². The van der Waals surface area contributed by atoms with Gasteiger partial charge in [0.2, 0.25) is 35.4 Å². The second-order valence-corrected chi connectivity index (χ2v) is 14.8. The standard InChI is InChI=1S/C34H68N9O15P/c1-59(50,51)58-17-5-3-2-4-13-38-29(44)7-6-8-31(46)42-28(34(49)41-16-20-54-23-26-57-37)10-12-32(47)43-27(33(48)40-15-19-53-22-25-56-36)9-11-30(45)39-14-18-52-21-24-55-35/h27-28H,2-26,35-37H2,1H3,(H,38,44)(H,39,45)(H,40,48)(H,41,49)(H,42,46)(H,43,47)(H,50,51). The third kappa shape index (κ3) is 36.2. The molecule has 0 aromatic heterocycles. The van der Waals surface area contributed by atoms with Gasteiger partial charge in [-0.1, -0.05) is 12.8 Å². The number of unbranched alkanes of at least 4 members (excludes halogenated alkanes) is 3. The molecule has 0 saturated carbocycles. The van der Waals surface area contributed by atoms with Gasteiger partial charge in [-0.15, -0.1) is 0 Å². The number of hydrogen-bond acceptors (Lipinski definition) is 17. The highest BCUT2D eigenvalue weighted by molar-refractivity contribution is 7.51. The molecule has 0 aromatic rings. The van der Waals surface area contributed by atoms with Crippen LogP contribution in [0.25, 0.3) is 0 Å². The lowest BCUT2D eigenvalue weighted by atomic mass is 10.1. The first-order chi connectivity index (χ1) is 28.3. The van der Waals surface area contributed by atoms with Crippen molar-refractivity contribution in [1.29, 1.82) is 0 Å². The molecule has 3 unspecified atom stereocenters. The molecule has 0 heterocycles. The van der Waals surface area contributed by atoms with E-state index in [-0.39, 0.29) is 142 Å². The highest BCUT2D eigenvalue weighted by Gasteiger charge is 2.25. The van der Waals surface area contributed by atoms with E-state index in [2.05, 4.69) is 46.4 Å². The fourth-order valence-electron chi connectivity index (χ4n) is 4.88.